The van der Waals surface area contributed by atoms with Gasteiger partial charge in [0, 0.05) is 5.56 Å². The molecule has 0 radical (unpaired) electrons. The Hall–Kier alpha value is -2.28. The number of hydrogen-bond donors (Lipinski definition) is 1. The van der Waals surface area contributed by atoms with Crippen molar-refractivity contribution in [3.63, 3.8) is 0 Å². The lowest BCUT2D eigenvalue weighted by Crippen LogP contribution is -1.89. The Labute approximate surface area is 120 Å². The maximum absolute atomic E-state index is 10.3. The van der Waals surface area contributed by atoms with E-state index in [2.05, 4.69) is 24.8 Å². The van der Waals surface area contributed by atoms with Crippen molar-refractivity contribution in [2.75, 3.05) is 0 Å². The Bertz CT molecular complexity index is 651. The zero-order valence-electron chi connectivity index (χ0n) is 12.1. The molecule has 2 rings (SSSR count). The highest BCUT2D eigenvalue weighted by atomic mass is 16.3. The van der Waals surface area contributed by atoms with Crippen LogP contribution in [0.5, 0.6) is 5.75 Å². The second-order valence-corrected chi connectivity index (χ2v) is 4.93. The molecule has 2 aromatic carbocycles. The molecule has 0 aliphatic rings. The molecule has 0 aromatic heterocycles. The molecular weight excluding hydrogens is 244 g/mol. The third-order valence-electron chi connectivity index (χ3n) is 3.30. The molecular formula is C19H20O. The fourth-order valence-corrected chi connectivity index (χ4v) is 2.36. The molecule has 0 heterocycles. The monoisotopic (exact) mass is 264 g/mol. The molecule has 0 aliphatic heterocycles. The first kappa shape index (κ1) is 14.1. The van der Waals surface area contributed by atoms with Crippen LogP contribution in [-0.2, 0) is 6.42 Å². The number of allylic oxidation sites excluding steroid dienone is 2. The number of phenolic OH excluding ortho intramolecular Hbond substituents is 1. The lowest BCUT2D eigenvalue weighted by molar-refractivity contribution is 0.473. The van der Waals surface area contributed by atoms with E-state index in [0.717, 1.165) is 28.7 Å². The predicted molar refractivity (Wildman–Crippen MR) is 86.9 cm³/mol. The lowest BCUT2D eigenvalue weighted by atomic mass is 9.96. The van der Waals surface area contributed by atoms with E-state index in [-0.39, 0.29) is 0 Å². The van der Waals surface area contributed by atoms with Gasteiger partial charge in [-0.3, -0.25) is 0 Å². The quantitative estimate of drug-likeness (QED) is 0.759. The summed E-state index contributed by atoms with van der Waals surface area (Å²) in [5, 5.41) is 10.3. The Morgan fingerprint density at radius 2 is 2.00 bits per heavy atom. The molecule has 1 heteroatoms. The van der Waals surface area contributed by atoms with Gasteiger partial charge in [0.25, 0.3) is 0 Å². The summed E-state index contributed by atoms with van der Waals surface area (Å²) in [6, 6.07) is 12.2. The van der Waals surface area contributed by atoms with Gasteiger partial charge in [-0.25, -0.2) is 0 Å². The van der Waals surface area contributed by atoms with Gasteiger partial charge in [-0.1, -0.05) is 42.5 Å². The van der Waals surface area contributed by atoms with E-state index >= 15 is 0 Å². The first-order chi connectivity index (χ1) is 9.65. The van der Waals surface area contributed by atoms with E-state index in [1.54, 1.807) is 0 Å². The van der Waals surface area contributed by atoms with Gasteiger partial charge in [0.05, 0.1) is 0 Å². The van der Waals surface area contributed by atoms with E-state index in [4.69, 9.17) is 0 Å². The normalized spacial score (nSPS) is 10.9. The highest BCUT2D eigenvalue weighted by Gasteiger charge is 2.09. The van der Waals surface area contributed by atoms with E-state index < -0.39 is 0 Å². The van der Waals surface area contributed by atoms with Crippen molar-refractivity contribution >= 4 is 6.08 Å². The van der Waals surface area contributed by atoms with Crippen LogP contribution in [0.1, 0.15) is 23.6 Å². The summed E-state index contributed by atoms with van der Waals surface area (Å²) in [4.78, 5) is 0. The van der Waals surface area contributed by atoms with Gasteiger partial charge in [0.15, 0.2) is 0 Å². The van der Waals surface area contributed by atoms with Crippen LogP contribution in [0.4, 0.5) is 0 Å². The van der Waals surface area contributed by atoms with Crippen molar-refractivity contribution in [2.45, 2.75) is 20.3 Å². The van der Waals surface area contributed by atoms with Gasteiger partial charge in [-0.2, -0.15) is 0 Å². The Morgan fingerprint density at radius 1 is 1.20 bits per heavy atom. The lowest BCUT2D eigenvalue weighted by Gasteiger charge is -2.11. The molecule has 0 spiro atoms. The van der Waals surface area contributed by atoms with Crippen molar-refractivity contribution in [3.05, 3.63) is 71.8 Å². The molecule has 2 aromatic rings. The minimum absolute atomic E-state index is 0.357. The second kappa shape index (κ2) is 6.25. The van der Waals surface area contributed by atoms with Crippen molar-refractivity contribution in [1.82, 2.24) is 0 Å². The first-order valence-corrected chi connectivity index (χ1v) is 6.82. The fourth-order valence-electron chi connectivity index (χ4n) is 2.36. The molecule has 0 atom stereocenters. The molecule has 1 N–H and O–H groups in total. The largest absolute Gasteiger partial charge is 0.507 e. The van der Waals surface area contributed by atoms with E-state index in [9.17, 15) is 5.11 Å². The Kier molecular flexibility index (Phi) is 4.41. The predicted octanol–water partition coefficient (Wildman–Crippen LogP) is 5.13. The molecule has 0 unspecified atom stereocenters. The van der Waals surface area contributed by atoms with E-state index in [1.165, 1.54) is 5.56 Å². The SMILES string of the molecule is C=CCc1cc(C)c(O)c(-c2cccc(/C=C/C)c2)c1. The maximum atomic E-state index is 10.3. The highest BCUT2D eigenvalue weighted by Crippen LogP contribution is 2.34. The summed E-state index contributed by atoms with van der Waals surface area (Å²) < 4.78 is 0. The molecule has 1 nitrogen and oxygen atoms in total. The van der Waals surface area contributed by atoms with Crippen LogP contribution in [0.25, 0.3) is 17.2 Å². The summed E-state index contributed by atoms with van der Waals surface area (Å²) >= 11 is 0. The van der Waals surface area contributed by atoms with Gasteiger partial charge in [0.1, 0.15) is 5.75 Å². The van der Waals surface area contributed by atoms with E-state index in [0.29, 0.717) is 5.75 Å². The van der Waals surface area contributed by atoms with Crippen LogP contribution in [-0.4, -0.2) is 5.11 Å². The summed E-state index contributed by atoms with van der Waals surface area (Å²) in [6.45, 7) is 7.71. The zero-order chi connectivity index (χ0) is 14.5. The molecule has 0 amide bonds. The number of aryl methyl sites for hydroxylation is 1. The average molecular weight is 264 g/mol. The number of hydrogen-bond acceptors (Lipinski definition) is 1. The smallest absolute Gasteiger partial charge is 0.126 e. The van der Waals surface area contributed by atoms with Crippen LogP contribution < -0.4 is 0 Å². The topological polar surface area (TPSA) is 20.2 Å². The number of rotatable bonds is 4. The third-order valence-corrected chi connectivity index (χ3v) is 3.30. The van der Waals surface area contributed by atoms with Crippen LogP contribution in [0, 0.1) is 6.92 Å². The molecule has 0 bridgehead atoms. The summed E-state index contributed by atoms with van der Waals surface area (Å²) in [5.74, 6) is 0.357. The minimum Gasteiger partial charge on any atom is -0.507 e. The number of aromatic hydroxyl groups is 1. The van der Waals surface area contributed by atoms with Crippen LogP contribution in [0.15, 0.2) is 55.1 Å². The maximum Gasteiger partial charge on any atom is 0.126 e. The standard InChI is InChI=1S/C19H20O/c1-4-7-15-9-6-10-17(12-15)18-13-16(8-5-2)11-14(3)19(18)20/h4-7,9-13,20H,2,8H2,1,3H3/b7-4+. The summed E-state index contributed by atoms with van der Waals surface area (Å²) in [5.41, 5.74) is 5.12. The van der Waals surface area contributed by atoms with Gasteiger partial charge in [-0.05, 0) is 54.7 Å². The van der Waals surface area contributed by atoms with Crippen LogP contribution in [0.2, 0.25) is 0 Å². The second-order valence-electron chi connectivity index (χ2n) is 4.93. The Balaban J connectivity index is 2.56. The molecule has 102 valence electrons. The first-order valence-electron chi connectivity index (χ1n) is 6.82. The van der Waals surface area contributed by atoms with Gasteiger partial charge >= 0.3 is 0 Å². The van der Waals surface area contributed by atoms with Crippen LogP contribution >= 0.6 is 0 Å². The van der Waals surface area contributed by atoms with Gasteiger partial charge < -0.3 is 5.11 Å². The zero-order valence-corrected chi connectivity index (χ0v) is 12.1. The van der Waals surface area contributed by atoms with Crippen molar-refractivity contribution in [2.24, 2.45) is 0 Å². The number of phenols is 1. The number of benzene rings is 2. The molecule has 20 heavy (non-hydrogen) atoms. The fraction of sp³-hybridized carbons (Fsp3) is 0.158. The highest BCUT2D eigenvalue weighted by molar-refractivity contribution is 5.74. The molecule has 0 saturated heterocycles. The van der Waals surface area contributed by atoms with Crippen molar-refractivity contribution < 1.29 is 5.11 Å². The molecule has 0 saturated carbocycles. The minimum atomic E-state index is 0.357. The average Bonchev–Trinajstić information content (AvgIpc) is 2.43. The molecule has 0 fully saturated rings. The van der Waals surface area contributed by atoms with Crippen LogP contribution in [0.3, 0.4) is 0 Å². The summed E-state index contributed by atoms with van der Waals surface area (Å²) in [6.07, 6.45) is 6.76. The molecule has 0 aliphatic carbocycles. The summed E-state index contributed by atoms with van der Waals surface area (Å²) in [7, 11) is 0. The Morgan fingerprint density at radius 3 is 2.70 bits per heavy atom. The van der Waals surface area contributed by atoms with Crippen molar-refractivity contribution in [1.29, 1.82) is 0 Å². The van der Waals surface area contributed by atoms with Gasteiger partial charge in [-0.15, -0.1) is 6.58 Å². The van der Waals surface area contributed by atoms with Crippen molar-refractivity contribution in [3.8, 4) is 16.9 Å². The van der Waals surface area contributed by atoms with E-state index in [1.807, 2.05) is 50.3 Å². The van der Waals surface area contributed by atoms with Gasteiger partial charge in [0.2, 0.25) is 0 Å². The third kappa shape index (κ3) is 3.00.